The summed E-state index contributed by atoms with van der Waals surface area (Å²) >= 11 is 6.17. The number of hydrogen-bond donors (Lipinski definition) is 3. The summed E-state index contributed by atoms with van der Waals surface area (Å²) in [6, 6.07) is 11.8. The highest BCUT2D eigenvalue weighted by atomic mass is 35.5. The molecule has 0 aliphatic carbocycles. The molecule has 4 N–H and O–H groups in total. The van der Waals surface area contributed by atoms with Crippen LogP contribution in [0.1, 0.15) is 16.1 Å². The van der Waals surface area contributed by atoms with Gasteiger partial charge in [0, 0.05) is 46.0 Å². The van der Waals surface area contributed by atoms with Crippen molar-refractivity contribution in [2.24, 2.45) is 0 Å². The number of carboxylic acid groups (broad SMARTS) is 1. The molecule has 0 aliphatic heterocycles. The number of pyridine rings is 2. The minimum atomic E-state index is -1.14. The maximum atomic E-state index is 12.4. The Bertz CT molecular complexity index is 1260. The quantitative estimate of drug-likeness (QED) is 0.491. The lowest BCUT2D eigenvalue weighted by molar-refractivity contribution is 0.0687. The second-order valence-electron chi connectivity index (χ2n) is 6.28. The molecule has 0 unspecified atom stereocenters. The van der Waals surface area contributed by atoms with Gasteiger partial charge in [-0.05, 0) is 42.0 Å². The molecule has 1 aromatic carbocycles. The van der Waals surface area contributed by atoms with Gasteiger partial charge in [0.2, 0.25) is 0 Å². The lowest BCUT2D eigenvalue weighted by Gasteiger charge is -2.09. The SMILES string of the molecule is Nc1ccc(Cn2c(C(=O)O)c(-c3ccc[nH]c3=O)c3cc(Cl)ccc32)cn1. The summed E-state index contributed by atoms with van der Waals surface area (Å²) in [5.74, 6) is -0.767. The number of carboxylic acids is 1. The van der Waals surface area contributed by atoms with Crippen LogP contribution < -0.4 is 11.3 Å². The predicted molar refractivity (Wildman–Crippen MR) is 108 cm³/mol. The summed E-state index contributed by atoms with van der Waals surface area (Å²) in [6.45, 7) is 0.248. The van der Waals surface area contributed by atoms with Crippen molar-refractivity contribution in [3.05, 3.63) is 81.5 Å². The number of nitrogens with two attached hydrogens (primary N) is 1. The summed E-state index contributed by atoms with van der Waals surface area (Å²) in [5.41, 5.74) is 7.28. The van der Waals surface area contributed by atoms with E-state index < -0.39 is 5.97 Å². The van der Waals surface area contributed by atoms with Crippen LogP contribution in [0.4, 0.5) is 5.82 Å². The Kier molecular flexibility index (Phi) is 4.37. The van der Waals surface area contributed by atoms with Crippen molar-refractivity contribution in [3.8, 4) is 11.1 Å². The molecular weight excluding hydrogens is 380 g/mol. The van der Waals surface area contributed by atoms with Crippen molar-refractivity contribution >= 4 is 34.3 Å². The number of aromatic carboxylic acids is 1. The lowest BCUT2D eigenvalue weighted by Crippen LogP contribution is -2.13. The molecule has 0 atom stereocenters. The molecular formula is C20H15ClN4O3. The third-order valence-electron chi connectivity index (χ3n) is 4.50. The van der Waals surface area contributed by atoms with Crippen LogP contribution >= 0.6 is 11.6 Å². The van der Waals surface area contributed by atoms with Crippen molar-refractivity contribution in [1.29, 1.82) is 0 Å². The van der Waals surface area contributed by atoms with Gasteiger partial charge >= 0.3 is 5.97 Å². The number of anilines is 1. The standard InChI is InChI=1S/C20H15ClN4O3/c21-12-4-5-15-14(8-12)17(13-2-1-7-23-19(13)26)18(20(27)28)25(15)10-11-3-6-16(22)24-9-11/h1-9H,10H2,(H2,22,24)(H,23,26)(H,27,28). The normalized spacial score (nSPS) is 11.0. The topological polar surface area (TPSA) is 114 Å². The first-order chi connectivity index (χ1) is 13.5. The molecule has 4 rings (SSSR count). The number of fused-ring (bicyclic) bond motifs is 1. The maximum Gasteiger partial charge on any atom is 0.353 e. The third kappa shape index (κ3) is 3.01. The number of halogens is 1. The maximum absolute atomic E-state index is 12.4. The molecule has 0 fully saturated rings. The van der Waals surface area contributed by atoms with E-state index in [0.29, 0.717) is 27.3 Å². The van der Waals surface area contributed by atoms with E-state index in [1.807, 2.05) is 0 Å². The Morgan fingerprint density at radius 1 is 1.25 bits per heavy atom. The van der Waals surface area contributed by atoms with Gasteiger partial charge in [0.05, 0.1) is 0 Å². The number of H-pyrrole nitrogens is 1. The smallest absolute Gasteiger partial charge is 0.353 e. The van der Waals surface area contributed by atoms with Crippen LogP contribution in [0.3, 0.4) is 0 Å². The zero-order valence-corrected chi connectivity index (χ0v) is 15.3. The van der Waals surface area contributed by atoms with Crippen molar-refractivity contribution in [1.82, 2.24) is 14.5 Å². The molecule has 8 heteroatoms. The van der Waals surface area contributed by atoms with Gasteiger partial charge in [-0.15, -0.1) is 0 Å². The summed E-state index contributed by atoms with van der Waals surface area (Å²) < 4.78 is 1.64. The molecule has 0 radical (unpaired) electrons. The number of carbonyl (C=O) groups is 1. The van der Waals surface area contributed by atoms with Gasteiger partial charge in [-0.1, -0.05) is 17.7 Å². The van der Waals surface area contributed by atoms with Crippen LogP contribution in [-0.4, -0.2) is 25.6 Å². The highest BCUT2D eigenvalue weighted by Gasteiger charge is 2.25. The average molecular weight is 395 g/mol. The molecule has 28 heavy (non-hydrogen) atoms. The Hall–Kier alpha value is -3.58. The van der Waals surface area contributed by atoms with Gasteiger partial charge in [0.25, 0.3) is 5.56 Å². The Morgan fingerprint density at radius 2 is 2.07 bits per heavy atom. The first-order valence-electron chi connectivity index (χ1n) is 8.39. The third-order valence-corrected chi connectivity index (χ3v) is 4.74. The van der Waals surface area contributed by atoms with E-state index >= 15 is 0 Å². The Balaban J connectivity index is 2.06. The summed E-state index contributed by atoms with van der Waals surface area (Å²) in [5, 5.41) is 11.0. The van der Waals surface area contributed by atoms with Crippen molar-refractivity contribution in [2.75, 3.05) is 5.73 Å². The summed E-state index contributed by atoms with van der Waals surface area (Å²) in [4.78, 5) is 31.3. The lowest BCUT2D eigenvalue weighted by atomic mass is 10.0. The highest BCUT2D eigenvalue weighted by Crippen LogP contribution is 2.35. The van der Waals surface area contributed by atoms with Crippen molar-refractivity contribution in [2.45, 2.75) is 6.54 Å². The number of aromatic nitrogens is 3. The monoisotopic (exact) mass is 394 g/mol. The van der Waals surface area contributed by atoms with Crippen LogP contribution in [0, 0.1) is 0 Å². The molecule has 0 aliphatic rings. The Labute approximate surface area is 164 Å². The fourth-order valence-corrected chi connectivity index (χ4v) is 3.49. The van der Waals surface area contributed by atoms with Crippen molar-refractivity contribution < 1.29 is 9.90 Å². The van der Waals surface area contributed by atoms with E-state index in [9.17, 15) is 14.7 Å². The van der Waals surface area contributed by atoms with E-state index in [-0.39, 0.29) is 23.4 Å². The van der Waals surface area contributed by atoms with Crippen LogP contribution in [-0.2, 0) is 6.54 Å². The number of rotatable bonds is 4. The van der Waals surface area contributed by atoms with Crippen molar-refractivity contribution in [3.63, 3.8) is 0 Å². The second-order valence-corrected chi connectivity index (χ2v) is 6.72. The molecule has 0 saturated heterocycles. The molecule has 140 valence electrons. The van der Waals surface area contributed by atoms with E-state index in [0.717, 1.165) is 5.56 Å². The number of benzene rings is 1. The van der Waals surface area contributed by atoms with E-state index in [1.165, 1.54) is 6.20 Å². The fraction of sp³-hybridized carbons (Fsp3) is 0.0500. The molecule has 3 heterocycles. The van der Waals surface area contributed by atoms with Crippen LogP contribution in [0.25, 0.3) is 22.0 Å². The molecule has 0 bridgehead atoms. The number of nitrogens with one attached hydrogen (secondary N) is 1. The zero-order chi connectivity index (χ0) is 19.8. The van der Waals surface area contributed by atoms with Gasteiger partial charge in [-0.3, -0.25) is 4.79 Å². The average Bonchev–Trinajstić information content (AvgIpc) is 2.97. The van der Waals surface area contributed by atoms with Gasteiger partial charge in [-0.25, -0.2) is 9.78 Å². The number of aromatic amines is 1. The van der Waals surface area contributed by atoms with Crippen LogP contribution in [0.5, 0.6) is 0 Å². The minimum Gasteiger partial charge on any atom is -0.477 e. The molecule has 3 aromatic heterocycles. The molecule has 4 aromatic rings. The minimum absolute atomic E-state index is 0.00536. The predicted octanol–water partition coefficient (Wildman–Crippen LogP) is 3.37. The van der Waals surface area contributed by atoms with Crippen LogP contribution in [0.15, 0.2) is 59.7 Å². The largest absolute Gasteiger partial charge is 0.477 e. The van der Waals surface area contributed by atoms with E-state index in [2.05, 4.69) is 9.97 Å². The van der Waals surface area contributed by atoms with Gasteiger partial charge in [0.15, 0.2) is 0 Å². The molecule has 0 saturated carbocycles. The Morgan fingerprint density at radius 3 is 2.75 bits per heavy atom. The van der Waals surface area contributed by atoms with Gasteiger partial charge in [0.1, 0.15) is 11.5 Å². The number of nitrogen functional groups attached to an aromatic ring is 1. The van der Waals surface area contributed by atoms with E-state index in [1.54, 1.807) is 53.2 Å². The second kappa shape index (κ2) is 6.86. The zero-order valence-electron chi connectivity index (χ0n) is 14.5. The molecule has 0 amide bonds. The highest BCUT2D eigenvalue weighted by molar-refractivity contribution is 6.31. The summed E-state index contributed by atoms with van der Waals surface area (Å²) in [7, 11) is 0. The first-order valence-corrected chi connectivity index (χ1v) is 8.77. The molecule has 7 nitrogen and oxygen atoms in total. The van der Waals surface area contributed by atoms with Crippen LogP contribution in [0.2, 0.25) is 5.02 Å². The van der Waals surface area contributed by atoms with Gasteiger partial charge < -0.3 is 20.4 Å². The van der Waals surface area contributed by atoms with E-state index in [4.69, 9.17) is 17.3 Å². The molecule has 0 spiro atoms. The number of nitrogens with zero attached hydrogens (tertiary/aromatic N) is 2. The fourth-order valence-electron chi connectivity index (χ4n) is 3.32. The summed E-state index contributed by atoms with van der Waals surface area (Å²) in [6.07, 6.45) is 3.09. The first kappa shape index (κ1) is 17.8. The van der Waals surface area contributed by atoms with Gasteiger partial charge in [-0.2, -0.15) is 0 Å². The number of hydrogen-bond acceptors (Lipinski definition) is 4.